The summed E-state index contributed by atoms with van der Waals surface area (Å²) in [5, 5.41) is 2.79. The Morgan fingerprint density at radius 1 is 0.810 bits per heavy atom. The van der Waals surface area contributed by atoms with Gasteiger partial charge in [0.2, 0.25) is 0 Å². The second kappa shape index (κ2) is 4.00. The van der Waals surface area contributed by atoms with Crippen molar-refractivity contribution in [2.75, 3.05) is 0 Å². The van der Waals surface area contributed by atoms with Crippen LogP contribution in [0, 0.1) is 17.8 Å². The van der Waals surface area contributed by atoms with Gasteiger partial charge in [-0.1, -0.05) is 55.5 Å². The first kappa shape index (κ1) is 11.6. The molecule has 1 heteroatoms. The van der Waals surface area contributed by atoms with Crippen LogP contribution >= 0.6 is 0 Å². The van der Waals surface area contributed by atoms with E-state index >= 15 is 0 Å². The van der Waals surface area contributed by atoms with Gasteiger partial charge in [-0.2, -0.15) is 0 Å². The Morgan fingerprint density at radius 2 is 1.38 bits per heavy atom. The number of fused-ring (bicyclic) bond motifs is 5. The average Bonchev–Trinajstić information content (AvgIpc) is 3.19. The fourth-order valence-electron chi connectivity index (χ4n) is 4.74. The summed E-state index contributed by atoms with van der Waals surface area (Å²) in [6, 6.07) is 18.4. The van der Waals surface area contributed by atoms with Gasteiger partial charge >= 0.3 is 0 Å². The number of rotatable bonds is 1. The molecule has 2 bridgehead atoms. The summed E-state index contributed by atoms with van der Waals surface area (Å²) in [5.41, 5.74) is 2.80. The number of aromatic nitrogens is 1. The number of hydrogen-bond donors (Lipinski definition) is 0. The summed E-state index contributed by atoms with van der Waals surface area (Å²) in [5.74, 6) is 2.23. The van der Waals surface area contributed by atoms with Crippen molar-refractivity contribution in [3.63, 3.8) is 0 Å². The fourth-order valence-corrected chi connectivity index (χ4v) is 4.74. The molecule has 1 saturated carbocycles. The largest absolute Gasteiger partial charge is 0.336 e. The Morgan fingerprint density at radius 3 is 1.95 bits per heavy atom. The quantitative estimate of drug-likeness (QED) is 0.538. The van der Waals surface area contributed by atoms with Crippen LogP contribution in [0.15, 0.2) is 60.7 Å². The van der Waals surface area contributed by atoms with E-state index in [1.165, 1.54) is 28.2 Å². The molecule has 2 aromatic carbocycles. The van der Waals surface area contributed by atoms with Crippen molar-refractivity contribution in [1.82, 2.24) is 4.57 Å². The van der Waals surface area contributed by atoms with Gasteiger partial charge in [0.05, 0.1) is 0 Å². The molecule has 1 fully saturated rings. The normalized spacial score (nSPS) is 30.7. The summed E-state index contributed by atoms with van der Waals surface area (Å²) in [7, 11) is 0. The molecule has 0 saturated heterocycles. The molecule has 0 amide bonds. The van der Waals surface area contributed by atoms with Crippen LogP contribution in [0.25, 0.3) is 21.8 Å². The molecule has 5 rings (SSSR count). The first-order valence-corrected chi connectivity index (χ1v) is 8.00. The van der Waals surface area contributed by atoms with Crippen molar-refractivity contribution >= 4 is 21.8 Å². The van der Waals surface area contributed by atoms with Gasteiger partial charge in [-0.15, -0.1) is 0 Å². The lowest BCUT2D eigenvalue weighted by Crippen LogP contribution is -2.21. The van der Waals surface area contributed by atoms with Gasteiger partial charge in [0, 0.05) is 27.8 Å². The number of allylic oxidation sites excluding steroid dienone is 2. The van der Waals surface area contributed by atoms with Crippen LogP contribution < -0.4 is 0 Å². The zero-order valence-electron chi connectivity index (χ0n) is 12.2. The van der Waals surface area contributed by atoms with Crippen molar-refractivity contribution < 1.29 is 0 Å². The molecule has 0 aliphatic heterocycles. The molecule has 3 aromatic rings. The Bertz CT molecular complexity index is 817. The zero-order valence-corrected chi connectivity index (χ0v) is 12.2. The summed E-state index contributed by atoms with van der Waals surface area (Å²) < 4.78 is 2.63. The lowest BCUT2D eigenvalue weighted by molar-refractivity contribution is 0.346. The molecule has 2 aliphatic carbocycles. The zero-order chi connectivity index (χ0) is 14.0. The number of hydrogen-bond acceptors (Lipinski definition) is 0. The highest BCUT2D eigenvalue weighted by atomic mass is 15.0. The van der Waals surface area contributed by atoms with Crippen LogP contribution in [0.5, 0.6) is 0 Å². The van der Waals surface area contributed by atoms with E-state index in [0.29, 0.717) is 12.0 Å². The number of nitrogens with zero attached hydrogens (tertiary/aromatic N) is 1. The summed E-state index contributed by atoms with van der Waals surface area (Å²) in [4.78, 5) is 0. The third-order valence-electron chi connectivity index (χ3n) is 5.72. The van der Waals surface area contributed by atoms with E-state index < -0.39 is 0 Å². The SMILES string of the molecule is C[C@H]1[C@H](n2c3ccccc3c3ccccc32)[C@@H]2C=C[C@H]1C2. The lowest BCUT2D eigenvalue weighted by atomic mass is 9.90. The third kappa shape index (κ3) is 1.41. The van der Waals surface area contributed by atoms with Crippen molar-refractivity contribution in [3.05, 3.63) is 60.7 Å². The second-order valence-electron chi connectivity index (χ2n) is 6.70. The molecule has 0 spiro atoms. The van der Waals surface area contributed by atoms with E-state index in [4.69, 9.17) is 0 Å². The molecule has 21 heavy (non-hydrogen) atoms. The fraction of sp³-hybridized carbons (Fsp3) is 0.300. The molecule has 0 unspecified atom stereocenters. The second-order valence-corrected chi connectivity index (χ2v) is 6.70. The van der Waals surface area contributed by atoms with Crippen molar-refractivity contribution in [2.24, 2.45) is 17.8 Å². The van der Waals surface area contributed by atoms with Crippen LogP contribution in [0.3, 0.4) is 0 Å². The Kier molecular flexibility index (Phi) is 2.22. The topological polar surface area (TPSA) is 4.93 Å². The van der Waals surface area contributed by atoms with Crippen LogP contribution in [-0.2, 0) is 0 Å². The molecular weight excluding hydrogens is 254 g/mol. The Balaban J connectivity index is 1.87. The van der Waals surface area contributed by atoms with Crippen LogP contribution in [0.4, 0.5) is 0 Å². The van der Waals surface area contributed by atoms with Gasteiger partial charge < -0.3 is 4.57 Å². The van der Waals surface area contributed by atoms with E-state index in [1.54, 1.807) is 0 Å². The van der Waals surface area contributed by atoms with Gasteiger partial charge in [0.15, 0.2) is 0 Å². The molecule has 0 radical (unpaired) electrons. The van der Waals surface area contributed by atoms with Crippen molar-refractivity contribution in [2.45, 2.75) is 19.4 Å². The van der Waals surface area contributed by atoms with Gasteiger partial charge in [-0.25, -0.2) is 0 Å². The maximum atomic E-state index is 2.63. The minimum absolute atomic E-state index is 0.616. The Hall–Kier alpha value is -2.02. The van der Waals surface area contributed by atoms with Crippen molar-refractivity contribution in [1.29, 1.82) is 0 Å². The summed E-state index contributed by atoms with van der Waals surface area (Å²) in [6.07, 6.45) is 6.24. The maximum Gasteiger partial charge on any atom is 0.0494 e. The van der Waals surface area contributed by atoms with E-state index in [0.717, 1.165) is 11.8 Å². The van der Waals surface area contributed by atoms with Crippen LogP contribution in [-0.4, -0.2) is 4.57 Å². The van der Waals surface area contributed by atoms with Gasteiger partial charge in [-0.05, 0) is 36.3 Å². The minimum atomic E-state index is 0.616. The summed E-state index contributed by atoms with van der Waals surface area (Å²) >= 11 is 0. The number of para-hydroxylation sites is 2. The van der Waals surface area contributed by atoms with E-state index in [2.05, 4.69) is 72.2 Å². The van der Waals surface area contributed by atoms with E-state index in [1.807, 2.05) is 0 Å². The molecule has 1 heterocycles. The molecule has 104 valence electrons. The lowest BCUT2D eigenvalue weighted by Gasteiger charge is -2.28. The predicted octanol–water partition coefficient (Wildman–Crippen LogP) is 5.18. The average molecular weight is 273 g/mol. The highest BCUT2D eigenvalue weighted by Gasteiger charge is 2.43. The van der Waals surface area contributed by atoms with E-state index in [-0.39, 0.29) is 0 Å². The minimum Gasteiger partial charge on any atom is -0.336 e. The van der Waals surface area contributed by atoms with Crippen LogP contribution in [0.1, 0.15) is 19.4 Å². The van der Waals surface area contributed by atoms with Gasteiger partial charge in [0.25, 0.3) is 0 Å². The molecule has 1 nitrogen and oxygen atoms in total. The molecule has 2 aliphatic rings. The standard InChI is InChI=1S/C20H19N/c1-13-14-10-11-15(12-14)20(13)21-18-8-4-2-6-16(18)17-7-3-5-9-19(17)21/h2-11,13-15,20H,12H2,1H3/t13-,14+,15-,20+/m1/s1. The van der Waals surface area contributed by atoms with E-state index in [9.17, 15) is 0 Å². The maximum absolute atomic E-state index is 2.63. The first-order chi connectivity index (χ1) is 10.3. The predicted molar refractivity (Wildman–Crippen MR) is 88.4 cm³/mol. The molecule has 1 aromatic heterocycles. The third-order valence-corrected chi connectivity index (χ3v) is 5.72. The molecular formula is C20H19N. The highest BCUT2D eigenvalue weighted by molar-refractivity contribution is 6.08. The smallest absolute Gasteiger partial charge is 0.0494 e. The van der Waals surface area contributed by atoms with Gasteiger partial charge in [-0.3, -0.25) is 0 Å². The highest BCUT2D eigenvalue weighted by Crippen LogP contribution is 2.52. The summed E-state index contributed by atoms with van der Waals surface area (Å²) in [6.45, 7) is 2.43. The monoisotopic (exact) mass is 273 g/mol. The van der Waals surface area contributed by atoms with Gasteiger partial charge in [0.1, 0.15) is 0 Å². The first-order valence-electron chi connectivity index (χ1n) is 8.00. The Labute approximate surface area is 124 Å². The van der Waals surface area contributed by atoms with Crippen molar-refractivity contribution in [3.8, 4) is 0 Å². The number of benzene rings is 2. The molecule has 4 atom stereocenters. The molecule has 0 N–H and O–H groups in total. The van der Waals surface area contributed by atoms with Crippen LogP contribution in [0.2, 0.25) is 0 Å².